The quantitative estimate of drug-likeness (QED) is 0.741. The number of aryl methyl sites for hydroxylation is 1. The molecule has 1 aliphatic rings. The molecule has 17 heavy (non-hydrogen) atoms. The van der Waals surface area contributed by atoms with Crippen LogP contribution in [0.3, 0.4) is 0 Å². The van der Waals surface area contributed by atoms with Gasteiger partial charge in [-0.3, -0.25) is 9.89 Å². The molecule has 1 aromatic rings. The number of carbonyl (C=O) groups excluding carboxylic acids is 1. The monoisotopic (exact) mass is 236 g/mol. The van der Waals surface area contributed by atoms with E-state index in [2.05, 4.69) is 20.8 Å². The number of carbonyl (C=O) groups is 1. The summed E-state index contributed by atoms with van der Waals surface area (Å²) in [6.07, 6.45) is 4.40. The average molecular weight is 236 g/mol. The highest BCUT2D eigenvalue weighted by atomic mass is 16.2. The molecule has 0 aliphatic carbocycles. The molecule has 0 atom stereocenters. The molecule has 5 nitrogen and oxygen atoms in total. The van der Waals surface area contributed by atoms with Crippen LogP contribution in [0.4, 0.5) is 5.82 Å². The Hall–Kier alpha value is -1.36. The van der Waals surface area contributed by atoms with Gasteiger partial charge in [0.25, 0.3) is 0 Å². The van der Waals surface area contributed by atoms with Gasteiger partial charge in [0.05, 0.1) is 6.20 Å². The Morgan fingerprint density at radius 3 is 2.88 bits per heavy atom. The highest BCUT2D eigenvalue weighted by molar-refractivity contribution is 5.94. The lowest BCUT2D eigenvalue weighted by molar-refractivity contribution is -0.126. The molecule has 94 valence electrons. The summed E-state index contributed by atoms with van der Waals surface area (Å²) in [5.74, 6) is 0.843. The van der Waals surface area contributed by atoms with E-state index in [1.54, 1.807) is 6.20 Å². The van der Waals surface area contributed by atoms with Gasteiger partial charge in [0.2, 0.25) is 5.91 Å². The lowest BCUT2D eigenvalue weighted by Crippen LogP contribution is -2.43. The number of aromatic amines is 1. The number of nitrogens with one attached hydrogen (secondary N) is 3. The van der Waals surface area contributed by atoms with Crippen LogP contribution < -0.4 is 10.6 Å². The van der Waals surface area contributed by atoms with E-state index in [0.717, 1.165) is 43.7 Å². The summed E-state index contributed by atoms with van der Waals surface area (Å²) in [6.45, 7) is 5.90. The zero-order valence-corrected chi connectivity index (χ0v) is 10.5. The summed E-state index contributed by atoms with van der Waals surface area (Å²) in [4.78, 5) is 12.3. The summed E-state index contributed by atoms with van der Waals surface area (Å²) in [5, 5.41) is 13.1. The second kappa shape index (κ2) is 4.87. The molecular formula is C12H20N4O. The van der Waals surface area contributed by atoms with Gasteiger partial charge in [0.1, 0.15) is 5.82 Å². The van der Waals surface area contributed by atoms with Crippen molar-refractivity contribution in [2.24, 2.45) is 5.41 Å². The minimum atomic E-state index is -0.263. The van der Waals surface area contributed by atoms with Gasteiger partial charge in [-0.1, -0.05) is 13.8 Å². The third-order valence-electron chi connectivity index (χ3n) is 3.59. The molecule has 0 aromatic carbocycles. The van der Waals surface area contributed by atoms with Crippen molar-refractivity contribution in [1.82, 2.24) is 15.5 Å². The summed E-state index contributed by atoms with van der Waals surface area (Å²) in [6, 6.07) is 0. The Morgan fingerprint density at radius 1 is 1.53 bits per heavy atom. The van der Waals surface area contributed by atoms with Gasteiger partial charge >= 0.3 is 0 Å². The highest BCUT2D eigenvalue weighted by Crippen LogP contribution is 2.29. The van der Waals surface area contributed by atoms with Crippen molar-refractivity contribution >= 4 is 11.7 Å². The number of hydrogen-bond donors (Lipinski definition) is 3. The molecule has 0 saturated carbocycles. The topological polar surface area (TPSA) is 69.8 Å². The molecular weight excluding hydrogens is 216 g/mol. The fourth-order valence-electron chi connectivity index (χ4n) is 2.16. The molecule has 5 heteroatoms. The predicted molar refractivity (Wildman–Crippen MR) is 66.8 cm³/mol. The first kappa shape index (κ1) is 12.1. The van der Waals surface area contributed by atoms with E-state index in [1.807, 2.05) is 13.8 Å². The van der Waals surface area contributed by atoms with Gasteiger partial charge in [-0.05, 0) is 32.4 Å². The number of amides is 1. The van der Waals surface area contributed by atoms with Gasteiger partial charge in [-0.25, -0.2) is 0 Å². The van der Waals surface area contributed by atoms with Crippen molar-refractivity contribution in [3.05, 3.63) is 11.8 Å². The lowest BCUT2D eigenvalue weighted by Gasteiger charge is -2.32. The van der Waals surface area contributed by atoms with Crippen molar-refractivity contribution in [3.8, 4) is 0 Å². The van der Waals surface area contributed by atoms with E-state index < -0.39 is 0 Å². The van der Waals surface area contributed by atoms with Crippen LogP contribution in [-0.4, -0.2) is 29.2 Å². The van der Waals surface area contributed by atoms with Crippen LogP contribution in [0.2, 0.25) is 0 Å². The molecule has 0 unspecified atom stereocenters. The molecule has 1 aromatic heterocycles. The number of piperidine rings is 1. The van der Waals surface area contributed by atoms with Crippen LogP contribution in [0.25, 0.3) is 0 Å². The Balaban J connectivity index is 2.05. The average Bonchev–Trinajstić information content (AvgIpc) is 2.77. The van der Waals surface area contributed by atoms with E-state index >= 15 is 0 Å². The second-order valence-electron chi connectivity index (χ2n) is 4.89. The van der Waals surface area contributed by atoms with Crippen molar-refractivity contribution in [3.63, 3.8) is 0 Å². The maximum atomic E-state index is 12.3. The smallest absolute Gasteiger partial charge is 0.231 e. The van der Waals surface area contributed by atoms with Crippen LogP contribution in [0, 0.1) is 5.41 Å². The number of hydrogen-bond acceptors (Lipinski definition) is 3. The van der Waals surface area contributed by atoms with Crippen LogP contribution in [0.5, 0.6) is 0 Å². The largest absolute Gasteiger partial charge is 0.317 e. The Morgan fingerprint density at radius 2 is 2.24 bits per heavy atom. The van der Waals surface area contributed by atoms with E-state index in [4.69, 9.17) is 0 Å². The number of nitrogens with zero attached hydrogens (tertiary/aromatic N) is 1. The number of H-pyrrole nitrogens is 1. The van der Waals surface area contributed by atoms with E-state index in [9.17, 15) is 4.79 Å². The third kappa shape index (κ3) is 2.49. The van der Waals surface area contributed by atoms with Crippen molar-refractivity contribution in [2.45, 2.75) is 33.1 Å². The summed E-state index contributed by atoms with van der Waals surface area (Å²) >= 11 is 0. The standard InChI is InChI=1S/C12H20N4O/c1-3-9-8-14-16-10(9)15-11(17)12(2)4-6-13-7-5-12/h8,13H,3-7H2,1-2H3,(H2,14,15,16,17). The van der Waals surface area contributed by atoms with E-state index in [1.165, 1.54) is 0 Å². The maximum absolute atomic E-state index is 12.3. The normalized spacial score (nSPS) is 18.9. The van der Waals surface area contributed by atoms with Crippen molar-refractivity contribution in [1.29, 1.82) is 0 Å². The number of anilines is 1. The van der Waals surface area contributed by atoms with Crippen LogP contribution in [-0.2, 0) is 11.2 Å². The van der Waals surface area contributed by atoms with E-state index in [-0.39, 0.29) is 11.3 Å². The number of rotatable bonds is 3. The molecule has 2 heterocycles. The van der Waals surface area contributed by atoms with Gasteiger partial charge in [0.15, 0.2) is 0 Å². The second-order valence-corrected chi connectivity index (χ2v) is 4.89. The highest BCUT2D eigenvalue weighted by Gasteiger charge is 2.34. The fraction of sp³-hybridized carbons (Fsp3) is 0.667. The summed E-state index contributed by atoms with van der Waals surface area (Å²) in [7, 11) is 0. The zero-order chi connectivity index (χ0) is 12.3. The SMILES string of the molecule is CCc1cn[nH]c1NC(=O)C1(C)CCNCC1. The molecule has 1 fully saturated rings. The van der Waals surface area contributed by atoms with Gasteiger partial charge < -0.3 is 10.6 Å². The third-order valence-corrected chi connectivity index (χ3v) is 3.59. The van der Waals surface area contributed by atoms with Crippen LogP contribution in [0.1, 0.15) is 32.3 Å². The predicted octanol–water partition coefficient (Wildman–Crippen LogP) is 1.30. The molecule has 1 aliphatic heterocycles. The van der Waals surface area contributed by atoms with Gasteiger partial charge in [-0.15, -0.1) is 0 Å². The maximum Gasteiger partial charge on any atom is 0.231 e. The Bertz CT molecular complexity index is 393. The Kier molecular flexibility index (Phi) is 3.47. The first-order valence-corrected chi connectivity index (χ1v) is 6.20. The molecule has 0 spiro atoms. The van der Waals surface area contributed by atoms with Gasteiger partial charge in [0, 0.05) is 11.0 Å². The first-order chi connectivity index (χ1) is 8.15. The zero-order valence-electron chi connectivity index (χ0n) is 10.5. The lowest BCUT2D eigenvalue weighted by atomic mass is 9.80. The minimum absolute atomic E-state index is 0.0953. The summed E-state index contributed by atoms with van der Waals surface area (Å²) < 4.78 is 0. The molecule has 2 rings (SSSR count). The Labute approximate surface area is 101 Å². The van der Waals surface area contributed by atoms with Crippen molar-refractivity contribution < 1.29 is 4.79 Å². The fourth-order valence-corrected chi connectivity index (χ4v) is 2.16. The summed E-state index contributed by atoms with van der Waals surface area (Å²) in [5.41, 5.74) is 0.789. The molecule has 1 saturated heterocycles. The van der Waals surface area contributed by atoms with Crippen molar-refractivity contribution in [2.75, 3.05) is 18.4 Å². The van der Waals surface area contributed by atoms with E-state index in [0.29, 0.717) is 0 Å². The minimum Gasteiger partial charge on any atom is -0.317 e. The molecule has 0 bridgehead atoms. The molecule has 3 N–H and O–H groups in total. The molecule has 1 amide bonds. The number of aromatic nitrogens is 2. The van der Waals surface area contributed by atoms with Gasteiger partial charge in [-0.2, -0.15) is 5.10 Å². The molecule has 0 radical (unpaired) electrons. The van der Waals surface area contributed by atoms with Crippen LogP contribution >= 0.6 is 0 Å². The van der Waals surface area contributed by atoms with Crippen LogP contribution in [0.15, 0.2) is 6.20 Å². The first-order valence-electron chi connectivity index (χ1n) is 6.20.